The quantitative estimate of drug-likeness (QED) is 0.545. The van der Waals surface area contributed by atoms with Crippen molar-refractivity contribution in [3.63, 3.8) is 0 Å². The molecule has 0 N–H and O–H groups in total. The van der Waals surface area contributed by atoms with Crippen LogP contribution in [0.2, 0.25) is 0 Å². The first-order valence-electron chi connectivity index (χ1n) is 4.58. The predicted octanol–water partition coefficient (Wildman–Crippen LogP) is 1.28. The van der Waals surface area contributed by atoms with E-state index in [1.54, 1.807) is 0 Å². The zero-order valence-corrected chi connectivity index (χ0v) is 8.50. The highest BCUT2D eigenvalue weighted by atomic mass is 32.1. The molecule has 3 nitrogen and oxygen atoms in total. The van der Waals surface area contributed by atoms with E-state index in [4.69, 9.17) is 12.2 Å². The molecule has 2 atom stereocenters. The Balaban J connectivity index is 2.22. The van der Waals surface area contributed by atoms with Crippen molar-refractivity contribution in [1.82, 2.24) is 4.90 Å². The molecule has 0 saturated carbocycles. The molecule has 2 heterocycles. The number of nitrogens with zero attached hydrogens (tertiary/aromatic N) is 3. The first kappa shape index (κ1) is 8.81. The molecule has 70 valence electrons. The van der Waals surface area contributed by atoms with Gasteiger partial charge in [-0.3, -0.25) is 9.98 Å². The van der Waals surface area contributed by atoms with Gasteiger partial charge < -0.3 is 4.90 Å². The van der Waals surface area contributed by atoms with Crippen molar-refractivity contribution in [2.24, 2.45) is 9.98 Å². The summed E-state index contributed by atoms with van der Waals surface area (Å²) in [7, 11) is 2.00. The summed E-state index contributed by atoms with van der Waals surface area (Å²) in [5.41, 5.74) is 0. The highest BCUT2D eigenvalue weighted by molar-refractivity contribution is 7.80. The Morgan fingerprint density at radius 2 is 2.38 bits per heavy atom. The average Bonchev–Trinajstić information content (AvgIpc) is 2.43. The molecule has 0 amide bonds. The third kappa shape index (κ3) is 1.63. The number of fused-ring (bicyclic) bond motifs is 1. The lowest BCUT2D eigenvalue weighted by Gasteiger charge is -2.22. The van der Waals surface area contributed by atoms with Gasteiger partial charge in [-0.25, -0.2) is 0 Å². The van der Waals surface area contributed by atoms with Gasteiger partial charge in [0.25, 0.3) is 0 Å². The van der Waals surface area contributed by atoms with Gasteiger partial charge in [-0.05, 0) is 19.3 Å². The summed E-state index contributed by atoms with van der Waals surface area (Å²) in [6, 6.07) is 0.122. The van der Waals surface area contributed by atoms with Crippen molar-refractivity contribution in [2.75, 3.05) is 7.05 Å². The summed E-state index contributed by atoms with van der Waals surface area (Å²) < 4.78 is 0. The molecule has 0 spiro atoms. The summed E-state index contributed by atoms with van der Waals surface area (Å²) in [5, 5.41) is 0. The third-order valence-corrected chi connectivity index (χ3v) is 2.90. The standard InChI is InChI=1S/C9H13N3S/c1-12-6-11-8-7(13)4-2-3-5-10-9(8)12/h5-6,8-9H,2-4H2,1H3/b10-5-. The minimum atomic E-state index is 0.122. The molecule has 0 saturated heterocycles. The van der Waals surface area contributed by atoms with Crippen LogP contribution in [0.5, 0.6) is 0 Å². The molecular weight excluding hydrogens is 182 g/mol. The zero-order valence-electron chi connectivity index (χ0n) is 7.68. The maximum Gasteiger partial charge on any atom is 0.148 e. The van der Waals surface area contributed by atoms with Crippen LogP contribution in [0.25, 0.3) is 0 Å². The van der Waals surface area contributed by atoms with E-state index in [0.29, 0.717) is 0 Å². The Morgan fingerprint density at radius 3 is 3.23 bits per heavy atom. The van der Waals surface area contributed by atoms with Crippen LogP contribution in [-0.2, 0) is 0 Å². The van der Waals surface area contributed by atoms with E-state index in [1.165, 1.54) is 0 Å². The highest BCUT2D eigenvalue weighted by Gasteiger charge is 2.30. The smallest absolute Gasteiger partial charge is 0.148 e. The molecule has 0 aromatic heterocycles. The number of aliphatic imine (C=N–C) groups is 2. The molecular formula is C9H13N3S. The predicted molar refractivity (Wildman–Crippen MR) is 58.8 cm³/mol. The molecule has 0 radical (unpaired) electrons. The van der Waals surface area contributed by atoms with E-state index in [1.807, 2.05) is 24.5 Å². The van der Waals surface area contributed by atoms with Crippen LogP contribution in [0.4, 0.5) is 0 Å². The highest BCUT2D eigenvalue weighted by Crippen LogP contribution is 2.19. The van der Waals surface area contributed by atoms with Crippen molar-refractivity contribution in [3.8, 4) is 0 Å². The Bertz CT molecular complexity index is 272. The summed E-state index contributed by atoms with van der Waals surface area (Å²) >= 11 is 5.33. The molecule has 2 unspecified atom stereocenters. The second-order valence-corrected chi connectivity index (χ2v) is 4.00. The molecule has 0 bridgehead atoms. The molecule has 0 aromatic rings. The second kappa shape index (κ2) is 3.54. The first-order valence-corrected chi connectivity index (χ1v) is 4.99. The monoisotopic (exact) mass is 195 g/mol. The van der Waals surface area contributed by atoms with Gasteiger partial charge in [0.05, 0.1) is 6.34 Å². The summed E-state index contributed by atoms with van der Waals surface area (Å²) in [4.78, 5) is 11.9. The fourth-order valence-corrected chi connectivity index (χ4v) is 2.01. The normalized spacial score (nSPS) is 35.5. The molecule has 2 aliphatic heterocycles. The van der Waals surface area contributed by atoms with Gasteiger partial charge >= 0.3 is 0 Å². The number of rotatable bonds is 0. The van der Waals surface area contributed by atoms with Crippen LogP contribution in [0.1, 0.15) is 19.3 Å². The van der Waals surface area contributed by atoms with Gasteiger partial charge in [0.1, 0.15) is 12.2 Å². The molecule has 13 heavy (non-hydrogen) atoms. The maximum atomic E-state index is 5.33. The summed E-state index contributed by atoms with van der Waals surface area (Å²) in [5.74, 6) is 0. The van der Waals surface area contributed by atoms with Crippen LogP contribution in [0.15, 0.2) is 9.98 Å². The van der Waals surface area contributed by atoms with Gasteiger partial charge in [0, 0.05) is 18.1 Å². The van der Waals surface area contributed by atoms with E-state index in [-0.39, 0.29) is 12.2 Å². The van der Waals surface area contributed by atoms with Crippen molar-refractivity contribution < 1.29 is 0 Å². The van der Waals surface area contributed by atoms with Gasteiger partial charge in [-0.1, -0.05) is 12.2 Å². The van der Waals surface area contributed by atoms with Crippen LogP contribution < -0.4 is 0 Å². The molecule has 0 aliphatic carbocycles. The number of hydrogen-bond acceptors (Lipinski definition) is 4. The van der Waals surface area contributed by atoms with Crippen molar-refractivity contribution in [3.05, 3.63) is 0 Å². The van der Waals surface area contributed by atoms with E-state index < -0.39 is 0 Å². The Hall–Kier alpha value is -0.770. The SMILES string of the molecule is CN1C=NC2C(=S)CCC/C=N\C21. The minimum absolute atomic E-state index is 0.122. The Labute approximate surface area is 83.6 Å². The topological polar surface area (TPSA) is 28.0 Å². The largest absolute Gasteiger partial charge is 0.342 e. The van der Waals surface area contributed by atoms with Crippen LogP contribution in [0.3, 0.4) is 0 Å². The molecule has 0 fully saturated rings. The van der Waals surface area contributed by atoms with E-state index in [9.17, 15) is 0 Å². The van der Waals surface area contributed by atoms with Crippen molar-refractivity contribution in [1.29, 1.82) is 0 Å². The average molecular weight is 195 g/mol. The number of hydrogen-bond donors (Lipinski definition) is 0. The van der Waals surface area contributed by atoms with Crippen molar-refractivity contribution >= 4 is 29.6 Å². The Kier molecular flexibility index (Phi) is 2.40. The number of likely N-dealkylation sites (N-methyl/N-ethyl adjacent to an activating group) is 1. The van der Waals surface area contributed by atoms with E-state index >= 15 is 0 Å². The lowest BCUT2D eigenvalue weighted by Crippen LogP contribution is -2.36. The maximum absolute atomic E-state index is 5.33. The van der Waals surface area contributed by atoms with Crippen LogP contribution in [-0.4, -0.2) is 41.6 Å². The Morgan fingerprint density at radius 1 is 1.54 bits per heavy atom. The van der Waals surface area contributed by atoms with Gasteiger partial charge in [0.15, 0.2) is 0 Å². The third-order valence-electron chi connectivity index (χ3n) is 2.45. The lowest BCUT2D eigenvalue weighted by atomic mass is 10.0. The summed E-state index contributed by atoms with van der Waals surface area (Å²) in [6.07, 6.45) is 7.14. The molecule has 2 rings (SSSR count). The summed E-state index contributed by atoms with van der Waals surface area (Å²) in [6.45, 7) is 0. The van der Waals surface area contributed by atoms with Gasteiger partial charge in [0.2, 0.25) is 0 Å². The zero-order chi connectivity index (χ0) is 9.26. The first-order chi connectivity index (χ1) is 6.29. The van der Waals surface area contributed by atoms with Gasteiger partial charge in [-0.15, -0.1) is 0 Å². The van der Waals surface area contributed by atoms with E-state index in [2.05, 4.69) is 9.98 Å². The van der Waals surface area contributed by atoms with Crippen LogP contribution in [0, 0.1) is 0 Å². The van der Waals surface area contributed by atoms with Gasteiger partial charge in [-0.2, -0.15) is 0 Å². The molecule has 4 heteroatoms. The molecule has 0 aromatic carbocycles. The van der Waals surface area contributed by atoms with Crippen LogP contribution >= 0.6 is 12.2 Å². The van der Waals surface area contributed by atoms with E-state index in [0.717, 1.165) is 24.1 Å². The minimum Gasteiger partial charge on any atom is -0.342 e. The molecule has 2 aliphatic rings. The lowest BCUT2D eigenvalue weighted by molar-refractivity contribution is 0.402. The fourth-order valence-electron chi connectivity index (χ4n) is 1.68. The fraction of sp³-hybridized carbons (Fsp3) is 0.667. The second-order valence-electron chi connectivity index (χ2n) is 3.48. The number of thiocarbonyl (C=S) groups is 1. The van der Waals surface area contributed by atoms with Crippen molar-refractivity contribution in [2.45, 2.75) is 31.5 Å².